The first kappa shape index (κ1) is 19.8. The highest BCUT2D eigenvalue weighted by molar-refractivity contribution is 7.89. The maximum absolute atomic E-state index is 12.5. The van der Waals surface area contributed by atoms with Crippen LogP contribution in [0.15, 0.2) is 47.4 Å². The molecule has 0 bridgehead atoms. The molecular formula is C19H22N2O4S. The number of hydrogen-bond donors (Lipinski definition) is 1. The third-order valence-electron chi connectivity index (χ3n) is 3.58. The van der Waals surface area contributed by atoms with Gasteiger partial charge in [0.2, 0.25) is 10.0 Å². The van der Waals surface area contributed by atoms with Gasteiger partial charge in [-0.2, -0.15) is 5.26 Å². The fourth-order valence-corrected chi connectivity index (χ4v) is 3.60. The minimum Gasteiger partial charge on any atom is -0.495 e. The van der Waals surface area contributed by atoms with Crippen LogP contribution in [0.5, 0.6) is 11.5 Å². The summed E-state index contributed by atoms with van der Waals surface area (Å²) in [7, 11) is -2.39. The van der Waals surface area contributed by atoms with Crippen LogP contribution in [0.4, 0.5) is 0 Å². The molecule has 1 N–H and O–H groups in total. The number of ether oxygens (including phenoxy) is 2. The Morgan fingerprint density at radius 1 is 1.15 bits per heavy atom. The molecule has 0 fully saturated rings. The number of nitrogens with one attached hydrogen (secondary N) is 1. The summed E-state index contributed by atoms with van der Waals surface area (Å²) in [5, 5.41) is 8.98. The van der Waals surface area contributed by atoms with Crippen molar-refractivity contribution in [2.45, 2.75) is 31.3 Å². The third kappa shape index (κ3) is 5.22. The van der Waals surface area contributed by atoms with E-state index in [-0.39, 0.29) is 28.9 Å². The third-order valence-corrected chi connectivity index (χ3v) is 5.07. The Morgan fingerprint density at radius 3 is 2.42 bits per heavy atom. The van der Waals surface area contributed by atoms with Crippen molar-refractivity contribution in [1.82, 2.24) is 4.72 Å². The Balaban J connectivity index is 2.04. The van der Waals surface area contributed by atoms with Gasteiger partial charge in [-0.1, -0.05) is 12.1 Å². The van der Waals surface area contributed by atoms with Crippen molar-refractivity contribution in [3.05, 3.63) is 53.6 Å². The van der Waals surface area contributed by atoms with Crippen LogP contribution in [-0.4, -0.2) is 28.2 Å². The Bertz CT molecular complexity index is 885. The molecule has 7 heteroatoms. The number of rotatable bonds is 8. The van der Waals surface area contributed by atoms with Crippen LogP contribution in [0.1, 0.15) is 25.0 Å². The molecule has 0 aliphatic heterocycles. The number of hydrogen-bond acceptors (Lipinski definition) is 5. The van der Waals surface area contributed by atoms with Gasteiger partial charge in [-0.15, -0.1) is 0 Å². The molecule has 138 valence electrons. The lowest BCUT2D eigenvalue weighted by atomic mass is 10.1. The minimum absolute atomic E-state index is 0.0419. The van der Waals surface area contributed by atoms with Gasteiger partial charge in [-0.05, 0) is 56.2 Å². The maximum Gasteiger partial charge on any atom is 0.244 e. The molecule has 0 spiro atoms. The summed E-state index contributed by atoms with van der Waals surface area (Å²) in [5.74, 6) is 0.981. The number of nitrogens with zero attached hydrogens (tertiary/aromatic N) is 1. The van der Waals surface area contributed by atoms with Gasteiger partial charge in [0.05, 0.1) is 24.8 Å². The molecule has 6 nitrogen and oxygen atoms in total. The summed E-state index contributed by atoms with van der Waals surface area (Å²) in [5.41, 5.74) is 1.24. The van der Waals surface area contributed by atoms with Crippen LogP contribution >= 0.6 is 0 Å². The monoisotopic (exact) mass is 374 g/mol. The summed E-state index contributed by atoms with van der Waals surface area (Å²) in [4.78, 5) is -0.0419. The average molecular weight is 374 g/mol. The smallest absolute Gasteiger partial charge is 0.244 e. The van der Waals surface area contributed by atoms with Gasteiger partial charge in [-0.3, -0.25) is 0 Å². The highest BCUT2D eigenvalue weighted by atomic mass is 32.2. The summed E-state index contributed by atoms with van der Waals surface area (Å²) >= 11 is 0. The molecule has 0 aliphatic rings. The van der Waals surface area contributed by atoms with Crippen LogP contribution in [-0.2, 0) is 16.4 Å². The predicted molar refractivity (Wildman–Crippen MR) is 98.8 cm³/mol. The molecule has 0 aliphatic carbocycles. The first-order valence-corrected chi connectivity index (χ1v) is 9.67. The van der Waals surface area contributed by atoms with E-state index in [0.717, 1.165) is 11.3 Å². The molecule has 0 aromatic heterocycles. The molecule has 0 saturated carbocycles. The molecule has 2 aromatic carbocycles. The molecule has 2 rings (SSSR count). The largest absolute Gasteiger partial charge is 0.495 e. The Kier molecular flexibility index (Phi) is 6.61. The van der Waals surface area contributed by atoms with Crippen molar-refractivity contribution >= 4 is 10.0 Å². The van der Waals surface area contributed by atoms with Gasteiger partial charge in [-0.25, -0.2) is 13.1 Å². The summed E-state index contributed by atoms with van der Waals surface area (Å²) in [6, 6.07) is 13.8. The highest BCUT2D eigenvalue weighted by Gasteiger charge is 2.19. The van der Waals surface area contributed by atoms with E-state index in [9.17, 15) is 8.42 Å². The molecule has 0 heterocycles. The van der Waals surface area contributed by atoms with E-state index in [1.165, 1.54) is 25.3 Å². The Morgan fingerprint density at radius 2 is 1.85 bits per heavy atom. The molecule has 2 aromatic rings. The van der Waals surface area contributed by atoms with Crippen molar-refractivity contribution < 1.29 is 17.9 Å². The number of methoxy groups -OCH3 is 1. The first-order chi connectivity index (χ1) is 12.4. The topological polar surface area (TPSA) is 88.4 Å². The normalized spacial score (nSPS) is 11.2. The van der Waals surface area contributed by atoms with E-state index in [1.54, 1.807) is 0 Å². The molecule has 26 heavy (non-hydrogen) atoms. The van der Waals surface area contributed by atoms with Crippen LogP contribution in [0, 0.1) is 11.3 Å². The van der Waals surface area contributed by atoms with Crippen LogP contribution in [0.25, 0.3) is 0 Å². The molecular weight excluding hydrogens is 352 g/mol. The quantitative estimate of drug-likeness (QED) is 0.767. The Labute approximate surface area is 154 Å². The van der Waals surface area contributed by atoms with E-state index in [1.807, 2.05) is 44.2 Å². The average Bonchev–Trinajstić information content (AvgIpc) is 2.62. The maximum atomic E-state index is 12.5. The molecule has 0 radical (unpaired) electrons. The van der Waals surface area contributed by atoms with Crippen molar-refractivity contribution in [2.24, 2.45) is 0 Å². The Hall–Kier alpha value is -2.56. The standard InChI is InChI=1S/C19H22N2O4S/c1-14(2)25-17-7-4-15(5-8-17)10-11-21-26(22,23)19-12-16(13-20)6-9-18(19)24-3/h4-9,12,14,21H,10-11H2,1-3H3. The van der Waals surface area contributed by atoms with Gasteiger partial charge < -0.3 is 9.47 Å². The zero-order valence-corrected chi connectivity index (χ0v) is 15.8. The van der Waals surface area contributed by atoms with Crippen molar-refractivity contribution in [2.75, 3.05) is 13.7 Å². The van der Waals surface area contributed by atoms with Gasteiger partial charge in [0, 0.05) is 6.54 Å². The molecule has 0 unspecified atom stereocenters. The summed E-state index contributed by atoms with van der Waals surface area (Å²) in [6.45, 7) is 4.14. The lowest BCUT2D eigenvalue weighted by molar-refractivity contribution is 0.242. The second-order valence-electron chi connectivity index (χ2n) is 5.94. The lowest BCUT2D eigenvalue weighted by Gasteiger charge is -2.12. The van der Waals surface area contributed by atoms with Gasteiger partial charge in [0.15, 0.2) is 0 Å². The van der Waals surface area contributed by atoms with E-state index in [2.05, 4.69) is 4.72 Å². The first-order valence-electron chi connectivity index (χ1n) is 8.19. The van der Waals surface area contributed by atoms with E-state index < -0.39 is 10.0 Å². The summed E-state index contributed by atoms with van der Waals surface area (Å²) in [6.07, 6.45) is 0.633. The number of nitriles is 1. The van der Waals surface area contributed by atoms with Gasteiger partial charge in [0.25, 0.3) is 0 Å². The fraction of sp³-hybridized carbons (Fsp3) is 0.316. The van der Waals surface area contributed by atoms with Crippen LogP contribution in [0.2, 0.25) is 0 Å². The second-order valence-corrected chi connectivity index (χ2v) is 7.67. The zero-order valence-electron chi connectivity index (χ0n) is 15.0. The highest BCUT2D eigenvalue weighted by Crippen LogP contribution is 2.24. The number of benzene rings is 2. The van der Waals surface area contributed by atoms with E-state index in [0.29, 0.717) is 6.42 Å². The SMILES string of the molecule is COc1ccc(C#N)cc1S(=O)(=O)NCCc1ccc(OC(C)C)cc1. The van der Waals surface area contributed by atoms with Crippen molar-refractivity contribution in [1.29, 1.82) is 5.26 Å². The van der Waals surface area contributed by atoms with Crippen LogP contribution < -0.4 is 14.2 Å². The minimum atomic E-state index is -3.78. The van der Waals surface area contributed by atoms with Gasteiger partial charge >= 0.3 is 0 Å². The second kappa shape index (κ2) is 8.70. The molecule has 0 atom stereocenters. The van der Waals surface area contributed by atoms with E-state index >= 15 is 0 Å². The van der Waals surface area contributed by atoms with Gasteiger partial charge in [0.1, 0.15) is 16.4 Å². The van der Waals surface area contributed by atoms with Crippen molar-refractivity contribution in [3.8, 4) is 17.6 Å². The summed E-state index contributed by atoms with van der Waals surface area (Å²) < 4.78 is 38.3. The fourth-order valence-electron chi connectivity index (χ4n) is 2.37. The van der Waals surface area contributed by atoms with Crippen molar-refractivity contribution in [3.63, 3.8) is 0 Å². The molecule has 0 saturated heterocycles. The van der Waals surface area contributed by atoms with Crippen LogP contribution in [0.3, 0.4) is 0 Å². The number of sulfonamides is 1. The molecule has 0 amide bonds. The lowest BCUT2D eigenvalue weighted by Crippen LogP contribution is -2.26. The van der Waals surface area contributed by atoms with E-state index in [4.69, 9.17) is 14.7 Å². The predicted octanol–water partition coefficient (Wildman–Crippen LogP) is 2.88. The zero-order chi connectivity index (χ0) is 19.2.